The molecule has 0 spiro atoms. The molecule has 2 heterocycles. The van der Waals surface area contributed by atoms with Gasteiger partial charge in [-0.3, -0.25) is 4.90 Å². The molecular formula is C28H36N2O. The second-order valence-electron chi connectivity index (χ2n) is 10.1. The van der Waals surface area contributed by atoms with Crippen molar-refractivity contribution >= 4 is 10.8 Å². The Morgan fingerprint density at radius 1 is 1.00 bits per heavy atom. The Balaban J connectivity index is 1.42. The number of fused-ring (bicyclic) bond motifs is 3. The van der Waals surface area contributed by atoms with Crippen molar-refractivity contribution in [2.24, 2.45) is 5.92 Å². The lowest BCUT2D eigenvalue weighted by Crippen LogP contribution is -2.41. The number of nitriles is 1. The third-order valence-corrected chi connectivity index (χ3v) is 8.46. The number of nitrogens with zero attached hydrogens (tertiary/aromatic N) is 2. The summed E-state index contributed by atoms with van der Waals surface area (Å²) in [7, 11) is 0. The zero-order chi connectivity index (χ0) is 21.4. The van der Waals surface area contributed by atoms with Crippen molar-refractivity contribution in [3.63, 3.8) is 0 Å². The van der Waals surface area contributed by atoms with Crippen molar-refractivity contribution in [2.75, 3.05) is 0 Å². The smallest absolute Gasteiger partial charge is 0.138 e. The predicted molar refractivity (Wildman–Crippen MR) is 126 cm³/mol. The van der Waals surface area contributed by atoms with E-state index in [9.17, 15) is 5.26 Å². The number of hydrogen-bond donors (Lipinski definition) is 0. The SMILES string of the molecule is CCC1CCC(Oc2ccc3ccc(C(C)N4C5CCCC4CC5)cc3c2C#N)CC1. The maximum Gasteiger partial charge on any atom is 0.138 e. The Bertz CT molecular complexity index is 953. The molecule has 3 aliphatic rings. The zero-order valence-electron chi connectivity index (χ0n) is 19.1. The van der Waals surface area contributed by atoms with Gasteiger partial charge < -0.3 is 4.74 Å². The molecule has 164 valence electrons. The monoisotopic (exact) mass is 416 g/mol. The fourth-order valence-corrected chi connectivity index (χ4v) is 6.59. The number of rotatable bonds is 5. The van der Waals surface area contributed by atoms with E-state index in [1.807, 2.05) is 6.07 Å². The Kier molecular flexibility index (Phi) is 5.93. The number of benzene rings is 2. The summed E-state index contributed by atoms with van der Waals surface area (Å²) in [4.78, 5) is 2.77. The largest absolute Gasteiger partial charge is 0.489 e. The van der Waals surface area contributed by atoms with E-state index >= 15 is 0 Å². The lowest BCUT2D eigenvalue weighted by atomic mass is 9.86. The van der Waals surface area contributed by atoms with Crippen LogP contribution in [0.15, 0.2) is 30.3 Å². The van der Waals surface area contributed by atoms with Gasteiger partial charge in [-0.15, -0.1) is 0 Å². The van der Waals surface area contributed by atoms with E-state index in [1.54, 1.807) is 0 Å². The predicted octanol–water partition coefficient (Wildman–Crippen LogP) is 7.14. The van der Waals surface area contributed by atoms with E-state index in [2.05, 4.69) is 49.1 Å². The van der Waals surface area contributed by atoms with Gasteiger partial charge >= 0.3 is 0 Å². The highest BCUT2D eigenvalue weighted by Gasteiger charge is 2.39. The first-order chi connectivity index (χ1) is 15.2. The Hall–Kier alpha value is -2.05. The van der Waals surface area contributed by atoms with Gasteiger partial charge in [0.05, 0.1) is 6.10 Å². The Morgan fingerprint density at radius 3 is 2.39 bits per heavy atom. The second-order valence-corrected chi connectivity index (χ2v) is 10.1. The Labute approximate surface area is 187 Å². The topological polar surface area (TPSA) is 36.3 Å². The van der Waals surface area contributed by atoms with Crippen molar-refractivity contribution in [3.8, 4) is 11.8 Å². The van der Waals surface area contributed by atoms with Crippen molar-refractivity contribution in [1.82, 2.24) is 4.90 Å². The molecule has 2 aliphatic heterocycles. The average molecular weight is 417 g/mol. The number of piperidine rings is 1. The number of ether oxygens (including phenoxy) is 1. The standard InChI is InChI=1S/C28H36N2O/c1-3-20-7-14-25(15-8-20)31-28-16-11-21-9-10-22(17-26(21)27(28)18-29)19(2)30-23-5-4-6-24(30)13-12-23/h9-11,16-17,19-20,23-25H,3-8,12-15H2,1-2H3. The minimum atomic E-state index is 0.249. The van der Waals surface area contributed by atoms with E-state index < -0.39 is 0 Å². The molecule has 2 saturated heterocycles. The van der Waals surface area contributed by atoms with Crippen LogP contribution in [0.25, 0.3) is 10.8 Å². The summed E-state index contributed by atoms with van der Waals surface area (Å²) in [5.74, 6) is 1.62. The van der Waals surface area contributed by atoms with Gasteiger partial charge in [0.2, 0.25) is 0 Å². The summed E-state index contributed by atoms with van der Waals surface area (Å²) >= 11 is 0. The molecule has 0 amide bonds. The van der Waals surface area contributed by atoms with E-state index in [1.165, 1.54) is 56.9 Å². The van der Waals surface area contributed by atoms with E-state index in [0.29, 0.717) is 11.6 Å². The summed E-state index contributed by atoms with van der Waals surface area (Å²) in [5, 5.41) is 12.2. The van der Waals surface area contributed by atoms with Gasteiger partial charge in [-0.1, -0.05) is 38.0 Å². The lowest BCUT2D eigenvalue weighted by molar-refractivity contribution is 0.0953. The maximum absolute atomic E-state index is 10.1. The minimum Gasteiger partial charge on any atom is -0.489 e. The molecule has 2 aromatic rings. The van der Waals surface area contributed by atoms with Crippen LogP contribution in [0.3, 0.4) is 0 Å². The average Bonchev–Trinajstić information content (AvgIpc) is 3.06. The normalized spacial score (nSPS) is 29.6. The molecule has 3 nitrogen and oxygen atoms in total. The number of hydrogen-bond acceptors (Lipinski definition) is 3. The van der Waals surface area contributed by atoms with Crippen molar-refractivity contribution < 1.29 is 4.74 Å². The van der Waals surface area contributed by atoms with Gasteiger partial charge in [0, 0.05) is 23.5 Å². The van der Waals surface area contributed by atoms with Crippen LogP contribution < -0.4 is 4.74 Å². The first-order valence-electron chi connectivity index (χ1n) is 12.6. The quantitative estimate of drug-likeness (QED) is 0.520. The molecule has 2 aromatic carbocycles. The van der Waals surface area contributed by atoms with Gasteiger partial charge in [-0.05, 0) is 87.3 Å². The molecule has 3 fully saturated rings. The third kappa shape index (κ3) is 3.96. The van der Waals surface area contributed by atoms with E-state index in [0.717, 1.165) is 47.4 Å². The summed E-state index contributed by atoms with van der Waals surface area (Å²) in [6.45, 7) is 4.65. The van der Waals surface area contributed by atoms with Crippen LogP contribution in [0, 0.1) is 17.2 Å². The van der Waals surface area contributed by atoms with Gasteiger partial charge in [0.15, 0.2) is 0 Å². The van der Waals surface area contributed by atoms with Crippen LogP contribution >= 0.6 is 0 Å². The van der Waals surface area contributed by atoms with E-state index in [-0.39, 0.29) is 6.10 Å². The van der Waals surface area contributed by atoms with E-state index in [4.69, 9.17) is 4.74 Å². The van der Waals surface area contributed by atoms with Crippen LogP contribution in [-0.2, 0) is 0 Å². The van der Waals surface area contributed by atoms with Crippen LogP contribution in [0.2, 0.25) is 0 Å². The molecular weight excluding hydrogens is 380 g/mol. The van der Waals surface area contributed by atoms with Crippen molar-refractivity contribution in [2.45, 2.75) is 102 Å². The Morgan fingerprint density at radius 2 is 1.71 bits per heavy atom. The maximum atomic E-state index is 10.1. The zero-order valence-corrected chi connectivity index (χ0v) is 19.1. The molecule has 1 aliphatic carbocycles. The van der Waals surface area contributed by atoms with Crippen LogP contribution in [0.1, 0.15) is 95.2 Å². The highest BCUT2D eigenvalue weighted by atomic mass is 16.5. The lowest BCUT2D eigenvalue weighted by Gasteiger charge is -2.39. The molecule has 0 radical (unpaired) electrons. The summed E-state index contributed by atoms with van der Waals surface area (Å²) in [6.07, 6.45) is 13.0. The molecule has 2 bridgehead atoms. The fraction of sp³-hybridized carbons (Fsp3) is 0.607. The molecule has 1 saturated carbocycles. The van der Waals surface area contributed by atoms with Crippen molar-refractivity contribution in [3.05, 3.63) is 41.5 Å². The molecule has 31 heavy (non-hydrogen) atoms. The van der Waals surface area contributed by atoms with Gasteiger partial charge in [-0.2, -0.15) is 5.26 Å². The van der Waals surface area contributed by atoms with Crippen molar-refractivity contribution in [1.29, 1.82) is 5.26 Å². The summed E-state index contributed by atoms with van der Waals surface area (Å²) < 4.78 is 6.41. The van der Waals surface area contributed by atoms with Crippen LogP contribution in [0.5, 0.6) is 5.75 Å². The molecule has 3 unspecified atom stereocenters. The second kappa shape index (κ2) is 8.83. The molecule has 3 heteroatoms. The van der Waals surface area contributed by atoms with Crippen LogP contribution in [0.4, 0.5) is 0 Å². The molecule has 0 aromatic heterocycles. The first kappa shape index (κ1) is 20.8. The fourth-order valence-electron chi connectivity index (χ4n) is 6.59. The summed E-state index contributed by atoms with van der Waals surface area (Å²) in [6, 6.07) is 15.3. The minimum absolute atomic E-state index is 0.249. The summed E-state index contributed by atoms with van der Waals surface area (Å²) in [5.41, 5.74) is 2.05. The molecule has 0 N–H and O–H groups in total. The highest BCUT2D eigenvalue weighted by molar-refractivity contribution is 5.90. The van der Waals surface area contributed by atoms with Gasteiger partial charge in [-0.25, -0.2) is 0 Å². The molecule has 5 rings (SSSR count). The van der Waals surface area contributed by atoms with Crippen LogP contribution in [-0.4, -0.2) is 23.1 Å². The highest BCUT2D eigenvalue weighted by Crippen LogP contribution is 2.42. The molecule has 3 atom stereocenters. The van der Waals surface area contributed by atoms with Gasteiger partial charge in [0.1, 0.15) is 17.4 Å². The third-order valence-electron chi connectivity index (χ3n) is 8.46. The van der Waals surface area contributed by atoms with Gasteiger partial charge in [0.25, 0.3) is 0 Å². The first-order valence-corrected chi connectivity index (χ1v) is 12.6.